The minimum absolute atomic E-state index is 0.0142. The zero-order valence-corrected chi connectivity index (χ0v) is 22.9. The maximum atomic E-state index is 13.8. The summed E-state index contributed by atoms with van der Waals surface area (Å²) in [6.07, 6.45) is 2.69. The largest absolute Gasteiger partial charge is 0.349 e. The highest BCUT2D eigenvalue weighted by molar-refractivity contribution is 7.11. The quantitative estimate of drug-likeness (QED) is 0.446. The molecule has 1 spiro atoms. The zero-order valence-electron chi connectivity index (χ0n) is 21.4. The van der Waals surface area contributed by atoms with Gasteiger partial charge in [0.1, 0.15) is 11.1 Å². The second kappa shape index (κ2) is 10.5. The van der Waals surface area contributed by atoms with Gasteiger partial charge in [-0.15, -0.1) is 11.3 Å². The number of halogens is 3. The molecule has 1 N–H and O–H groups in total. The number of thiazole rings is 1. The molecule has 12 heteroatoms. The lowest BCUT2D eigenvalue weighted by atomic mass is 9.74. The van der Waals surface area contributed by atoms with Crippen LogP contribution in [0.15, 0.2) is 48.1 Å². The molecule has 0 atom stereocenters. The van der Waals surface area contributed by atoms with Crippen molar-refractivity contribution in [2.45, 2.75) is 43.6 Å². The summed E-state index contributed by atoms with van der Waals surface area (Å²) < 4.78 is 26.7. The monoisotopic (exact) mass is 585 g/mol. The van der Waals surface area contributed by atoms with Crippen LogP contribution in [0.25, 0.3) is 0 Å². The Morgan fingerprint density at radius 3 is 2.60 bits per heavy atom. The lowest BCUT2D eigenvalue weighted by molar-refractivity contribution is -0.128. The maximum absolute atomic E-state index is 13.8. The predicted octanol–water partition coefficient (Wildman–Crippen LogP) is 4.86. The standard InChI is InChI=1S/C28H26ClF2N5O3S/c29-17-11-19(22(23(30)31)33-12-17)24(37)34-18-7-5-16(6-8-18)13-36-21-4-2-1-3-20(21)28(27(36)39)14-35(15-28)26(38)25-32-9-10-40-25/h1-4,9-12,16,18,23H,5-8,13-15H2,(H,34,37). The first-order valence-corrected chi connectivity index (χ1v) is 14.4. The number of rotatable bonds is 6. The first-order chi connectivity index (χ1) is 19.3. The molecular formula is C28H26ClF2N5O3S. The summed E-state index contributed by atoms with van der Waals surface area (Å²) in [5.41, 5.74) is 0.310. The second-order valence-electron chi connectivity index (χ2n) is 10.6. The number of benzene rings is 1. The molecule has 0 radical (unpaired) electrons. The number of carbonyl (C=O) groups is 3. The smallest absolute Gasteiger partial charge is 0.282 e. The Kier molecular flexibility index (Phi) is 7.03. The van der Waals surface area contributed by atoms with Crippen LogP contribution in [0.1, 0.15) is 63.5 Å². The molecule has 4 heterocycles. The molecule has 3 aliphatic rings. The summed E-state index contributed by atoms with van der Waals surface area (Å²) >= 11 is 7.18. The molecular weight excluding hydrogens is 560 g/mol. The van der Waals surface area contributed by atoms with Crippen molar-refractivity contribution >= 4 is 46.3 Å². The third kappa shape index (κ3) is 4.64. The van der Waals surface area contributed by atoms with Crippen molar-refractivity contribution in [2.24, 2.45) is 5.92 Å². The fraction of sp³-hybridized carbons (Fsp3) is 0.393. The first-order valence-electron chi connectivity index (χ1n) is 13.1. The van der Waals surface area contributed by atoms with Gasteiger partial charge in [-0.05, 0) is 49.3 Å². The van der Waals surface area contributed by atoms with E-state index < -0.39 is 23.4 Å². The highest BCUT2D eigenvalue weighted by Gasteiger charge is 2.59. The Morgan fingerprint density at radius 1 is 1.15 bits per heavy atom. The average Bonchev–Trinajstić information content (AvgIpc) is 3.54. The molecule has 0 bridgehead atoms. The number of pyridine rings is 1. The third-order valence-electron chi connectivity index (χ3n) is 8.15. The van der Waals surface area contributed by atoms with Crippen molar-refractivity contribution in [3.05, 3.63) is 75.0 Å². The van der Waals surface area contributed by atoms with Crippen molar-refractivity contribution in [2.75, 3.05) is 24.5 Å². The highest BCUT2D eigenvalue weighted by Crippen LogP contribution is 2.48. The summed E-state index contributed by atoms with van der Waals surface area (Å²) in [4.78, 5) is 50.6. The molecule has 0 unspecified atom stereocenters. The number of hydrogen-bond acceptors (Lipinski definition) is 6. The van der Waals surface area contributed by atoms with Gasteiger partial charge in [0.25, 0.3) is 18.2 Å². The van der Waals surface area contributed by atoms with Gasteiger partial charge in [0, 0.05) is 49.1 Å². The summed E-state index contributed by atoms with van der Waals surface area (Å²) in [6.45, 7) is 1.21. The van der Waals surface area contributed by atoms with E-state index in [2.05, 4.69) is 15.3 Å². The molecule has 2 aliphatic heterocycles. The molecule has 1 aliphatic carbocycles. The third-order valence-corrected chi connectivity index (χ3v) is 9.12. The number of fused-ring (bicyclic) bond motifs is 2. The molecule has 1 saturated carbocycles. The second-order valence-corrected chi connectivity index (χ2v) is 11.9. The van der Waals surface area contributed by atoms with Gasteiger partial charge in [-0.2, -0.15) is 0 Å². The highest BCUT2D eigenvalue weighted by atomic mass is 35.5. The number of nitrogens with one attached hydrogen (secondary N) is 1. The Morgan fingerprint density at radius 2 is 1.90 bits per heavy atom. The molecule has 3 aromatic rings. The van der Waals surface area contributed by atoms with E-state index in [4.69, 9.17) is 11.6 Å². The average molecular weight is 586 g/mol. The predicted molar refractivity (Wildman–Crippen MR) is 146 cm³/mol. The fourth-order valence-corrected chi connectivity index (χ4v) is 6.87. The van der Waals surface area contributed by atoms with E-state index in [1.165, 1.54) is 17.4 Å². The van der Waals surface area contributed by atoms with Gasteiger partial charge in [0.05, 0.1) is 10.6 Å². The molecule has 208 valence electrons. The number of nitrogens with zero attached hydrogens (tertiary/aromatic N) is 4. The van der Waals surface area contributed by atoms with Gasteiger partial charge in [0.2, 0.25) is 5.91 Å². The van der Waals surface area contributed by atoms with Gasteiger partial charge in [0.15, 0.2) is 5.01 Å². The molecule has 3 amide bonds. The van der Waals surface area contributed by atoms with E-state index >= 15 is 0 Å². The van der Waals surface area contributed by atoms with Crippen LogP contribution in [-0.2, 0) is 10.2 Å². The number of amides is 3. The minimum atomic E-state index is -2.88. The van der Waals surface area contributed by atoms with Crippen molar-refractivity contribution in [3.63, 3.8) is 0 Å². The lowest BCUT2D eigenvalue weighted by Crippen LogP contribution is -2.65. The van der Waals surface area contributed by atoms with E-state index in [1.54, 1.807) is 16.5 Å². The zero-order chi connectivity index (χ0) is 28.0. The van der Waals surface area contributed by atoms with Gasteiger partial charge in [-0.25, -0.2) is 13.8 Å². The fourth-order valence-electron chi connectivity index (χ4n) is 6.11. The van der Waals surface area contributed by atoms with Gasteiger partial charge in [-0.3, -0.25) is 19.4 Å². The molecule has 1 aromatic carbocycles. The Labute approximate surface area is 238 Å². The molecule has 8 nitrogen and oxygen atoms in total. The van der Waals surface area contributed by atoms with Crippen LogP contribution >= 0.6 is 22.9 Å². The van der Waals surface area contributed by atoms with Crippen LogP contribution in [0.4, 0.5) is 14.5 Å². The van der Waals surface area contributed by atoms with Crippen LogP contribution < -0.4 is 10.2 Å². The number of likely N-dealkylation sites (tertiary alicyclic amines) is 1. The van der Waals surface area contributed by atoms with E-state index in [9.17, 15) is 23.2 Å². The molecule has 2 fully saturated rings. The van der Waals surface area contributed by atoms with E-state index in [-0.39, 0.29) is 34.4 Å². The molecule has 1 saturated heterocycles. The Balaban J connectivity index is 1.09. The molecule has 6 rings (SSSR count). The minimum Gasteiger partial charge on any atom is -0.349 e. The van der Waals surface area contributed by atoms with Gasteiger partial charge < -0.3 is 15.1 Å². The van der Waals surface area contributed by atoms with Crippen LogP contribution in [0.5, 0.6) is 0 Å². The number of alkyl halides is 2. The first kappa shape index (κ1) is 26.8. The van der Waals surface area contributed by atoms with Crippen molar-refractivity contribution in [1.29, 1.82) is 0 Å². The van der Waals surface area contributed by atoms with Crippen molar-refractivity contribution in [1.82, 2.24) is 20.2 Å². The summed E-state index contributed by atoms with van der Waals surface area (Å²) in [5.74, 6) is -0.529. The Hall–Kier alpha value is -3.44. The maximum Gasteiger partial charge on any atom is 0.282 e. The van der Waals surface area contributed by atoms with Crippen LogP contribution in [-0.4, -0.2) is 58.3 Å². The van der Waals surface area contributed by atoms with Crippen LogP contribution in [0, 0.1) is 5.92 Å². The van der Waals surface area contributed by atoms with E-state index in [0.717, 1.165) is 30.3 Å². The summed E-state index contributed by atoms with van der Waals surface area (Å²) in [7, 11) is 0. The van der Waals surface area contributed by atoms with E-state index in [0.29, 0.717) is 37.5 Å². The number of anilines is 1. The van der Waals surface area contributed by atoms with Crippen molar-refractivity contribution < 1.29 is 23.2 Å². The van der Waals surface area contributed by atoms with Gasteiger partial charge >= 0.3 is 0 Å². The SMILES string of the molecule is O=C(NC1CCC(CN2C(=O)C3(CN(C(=O)c4nccs4)C3)c3ccccc32)CC1)c1cc(Cl)cnc1C(F)F. The normalized spacial score (nSPS) is 21.4. The molecule has 2 aromatic heterocycles. The number of carbonyl (C=O) groups excluding carboxylic acids is 3. The topological polar surface area (TPSA) is 95.5 Å². The van der Waals surface area contributed by atoms with E-state index in [1.807, 2.05) is 29.2 Å². The number of aromatic nitrogens is 2. The van der Waals surface area contributed by atoms with Crippen molar-refractivity contribution in [3.8, 4) is 0 Å². The summed E-state index contributed by atoms with van der Waals surface area (Å²) in [5, 5.41) is 5.16. The summed E-state index contributed by atoms with van der Waals surface area (Å²) in [6, 6.07) is 8.82. The number of para-hydroxylation sites is 1. The van der Waals surface area contributed by atoms with Crippen LogP contribution in [0.2, 0.25) is 5.02 Å². The lowest BCUT2D eigenvalue weighted by Gasteiger charge is -2.46. The Bertz CT molecular complexity index is 1460. The molecule has 40 heavy (non-hydrogen) atoms. The van der Waals surface area contributed by atoms with Crippen LogP contribution in [0.3, 0.4) is 0 Å². The number of hydrogen-bond donors (Lipinski definition) is 1. The van der Waals surface area contributed by atoms with Gasteiger partial charge in [-0.1, -0.05) is 29.8 Å².